The van der Waals surface area contributed by atoms with Gasteiger partial charge in [0, 0.05) is 23.5 Å². The van der Waals surface area contributed by atoms with Gasteiger partial charge in [0.15, 0.2) is 0 Å². The molecule has 0 saturated heterocycles. The van der Waals surface area contributed by atoms with Crippen molar-refractivity contribution in [2.45, 2.75) is 6.92 Å². The van der Waals surface area contributed by atoms with E-state index in [4.69, 9.17) is 5.26 Å². The lowest BCUT2D eigenvalue weighted by Gasteiger charge is -2.06. The number of hydrogen-bond donors (Lipinski definition) is 0. The molecule has 1 aromatic carbocycles. The van der Waals surface area contributed by atoms with Crippen molar-refractivity contribution in [1.29, 1.82) is 5.26 Å². The van der Waals surface area contributed by atoms with Crippen molar-refractivity contribution >= 4 is 0 Å². The number of rotatable bonds is 1. The molecule has 0 fully saturated rings. The number of aromatic nitrogens is 1. The molecule has 0 bridgehead atoms. The number of pyridine rings is 1. The van der Waals surface area contributed by atoms with Crippen LogP contribution in [0.4, 0.5) is 4.39 Å². The van der Waals surface area contributed by atoms with Crippen LogP contribution in [0.2, 0.25) is 0 Å². The standard InChI is InChI=1S/C13H9FN2/c1-9-4-5-16-8-12(9)11-3-2-10(7-15)6-13(11)14/h2-6,8H,1H3. The van der Waals surface area contributed by atoms with E-state index in [0.29, 0.717) is 11.1 Å². The average molecular weight is 212 g/mol. The number of nitriles is 1. The summed E-state index contributed by atoms with van der Waals surface area (Å²) >= 11 is 0. The van der Waals surface area contributed by atoms with E-state index in [1.165, 1.54) is 6.07 Å². The summed E-state index contributed by atoms with van der Waals surface area (Å²) in [6.45, 7) is 1.90. The average Bonchev–Trinajstić information content (AvgIpc) is 2.30. The van der Waals surface area contributed by atoms with Crippen molar-refractivity contribution < 1.29 is 4.39 Å². The van der Waals surface area contributed by atoms with Gasteiger partial charge in [-0.15, -0.1) is 0 Å². The molecule has 1 aromatic heterocycles. The number of halogens is 1. The van der Waals surface area contributed by atoms with Gasteiger partial charge in [0.05, 0.1) is 11.6 Å². The van der Waals surface area contributed by atoms with Gasteiger partial charge in [-0.1, -0.05) is 6.07 Å². The Morgan fingerprint density at radius 1 is 1.25 bits per heavy atom. The molecule has 16 heavy (non-hydrogen) atoms. The van der Waals surface area contributed by atoms with Crippen LogP contribution in [0.5, 0.6) is 0 Å². The van der Waals surface area contributed by atoms with E-state index < -0.39 is 5.82 Å². The molecule has 0 unspecified atom stereocenters. The highest BCUT2D eigenvalue weighted by Gasteiger charge is 2.08. The summed E-state index contributed by atoms with van der Waals surface area (Å²) in [6, 6.07) is 8.18. The summed E-state index contributed by atoms with van der Waals surface area (Å²) in [5.74, 6) is -0.393. The van der Waals surface area contributed by atoms with E-state index in [1.807, 2.05) is 19.1 Å². The smallest absolute Gasteiger partial charge is 0.132 e. The lowest BCUT2D eigenvalue weighted by Crippen LogP contribution is -1.89. The van der Waals surface area contributed by atoms with Gasteiger partial charge in [0.1, 0.15) is 5.82 Å². The molecule has 2 aromatic rings. The first-order valence-corrected chi connectivity index (χ1v) is 4.83. The maximum atomic E-state index is 13.7. The van der Waals surface area contributed by atoms with Crippen LogP contribution in [0.3, 0.4) is 0 Å². The number of nitrogens with zero attached hydrogens (tertiary/aromatic N) is 2. The lowest BCUT2D eigenvalue weighted by atomic mass is 10.0. The Bertz CT molecular complexity index is 570. The SMILES string of the molecule is Cc1ccncc1-c1ccc(C#N)cc1F. The summed E-state index contributed by atoms with van der Waals surface area (Å²) in [5.41, 5.74) is 2.51. The molecule has 1 heterocycles. The summed E-state index contributed by atoms with van der Waals surface area (Å²) < 4.78 is 13.7. The Hall–Kier alpha value is -2.21. The minimum atomic E-state index is -0.393. The summed E-state index contributed by atoms with van der Waals surface area (Å²) in [6.07, 6.45) is 3.29. The summed E-state index contributed by atoms with van der Waals surface area (Å²) in [4.78, 5) is 3.97. The van der Waals surface area contributed by atoms with Crippen molar-refractivity contribution in [3.05, 3.63) is 53.6 Å². The normalized spacial score (nSPS) is 9.81. The van der Waals surface area contributed by atoms with E-state index in [9.17, 15) is 4.39 Å². The predicted octanol–water partition coefficient (Wildman–Crippen LogP) is 3.07. The van der Waals surface area contributed by atoms with Crippen LogP contribution in [0, 0.1) is 24.1 Å². The minimum absolute atomic E-state index is 0.322. The van der Waals surface area contributed by atoms with Crippen LogP contribution in [0.1, 0.15) is 11.1 Å². The van der Waals surface area contributed by atoms with Gasteiger partial charge in [-0.25, -0.2) is 4.39 Å². The molecule has 0 aliphatic carbocycles. The van der Waals surface area contributed by atoms with E-state index in [-0.39, 0.29) is 0 Å². The topological polar surface area (TPSA) is 36.7 Å². The van der Waals surface area contributed by atoms with Crippen LogP contribution in [-0.2, 0) is 0 Å². The fourth-order valence-electron chi connectivity index (χ4n) is 1.55. The Kier molecular flexibility index (Phi) is 2.65. The zero-order valence-electron chi connectivity index (χ0n) is 8.74. The van der Waals surface area contributed by atoms with Crippen LogP contribution < -0.4 is 0 Å². The van der Waals surface area contributed by atoms with E-state index in [2.05, 4.69) is 4.98 Å². The Morgan fingerprint density at radius 3 is 2.69 bits per heavy atom. The highest BCUT2D eigenvalue weighted by Crippen LogP contribution is 2.25. The number of benzene rings is 1. The molecule has 0 amide bonds. The lowest BCUT2D eigenvalue weighted by molar-refractivity contribution is 0.630. The summed E-state index contributed by atoms with van der Waals surface area (Å²) in [5, 5.41) is 8.65. The number of hydrogen-bond acceptors (Lipinski definition) is 2. The Morgan fingerprint density at radius 2 is 2.06 bits per heavy atom. The molecule has 3 heteroatoms. The van der Waals surface area contributed by atoms with Crippen molar-refractivity contribution in [2.75, 3.05) is 0 Å². The van der Waals surface area contributed by atoms with Crippen LogP contribution in [0.25, 0.3) is 11.1 Å². The second kappa shape index (κ2) is 4.11. The fraction of sp³-hybridized carbons (Fsp3) is 0.0769. The largest absolute Gasteiger partial charge is 0.264 e. The second-order valence-corrected chi connectivity index (χ2v) is 3.50. The van der Waals surface area contributed by atoms with Gasteiger partial charge in [-0.3, -0.25) is 4.98 Å². The number of aryl methyl sites for hydroxylation is 1. The van der Waals surface area contributed by atoms with Crippen LogP contribution >= 0.6 is 0 Å². The van der Waals surface area contributed by atoms with Gasteiger partial charge in [0.25, 0.3) is 0 Å². The highest BCUT2D eigenvalue weighted by molar-refractivity contribution is 5.67. The second-order valence-electron chi connectivity index (χ2n) is 3.50. The van der Waals surface area contributed by atoms with Gasteiger partial charge < -0.3 is 0 Å². The van der Waals surface area contributed by atoms with Gasteiger partial charge >= 0.3 is 0 Å². The molecule has 0 N–H and O–H groups in total. The molecule has 0 aliphatic rings. The first kappa shape index (κ1) is 10.3. The zero-order valence-corrected chi connectivity index (χ0v) is 8.74. The predicted molar refractivity (Wildman–Crippen MR) is 59.1 cm³/mol. The highest BCUT2D eigenvalue weighted by atomic mass is 19.1. The van der Waals surface area contributed by atoms with E-state index in [0.717, 1.165) is 11.1 Å². The quantitative estimate of drug-likeness (QED) is 0.728. The molecule has 78 valence electrons. The van der Waals surface area contributed by atoms with E-state index in [1.54, 1.807) is 24.5 Å². The van der Waals surface area contributed by atoms with Gasteiger partial charge in [-0.05, 0) is 30.7 Å². The van der Waals surface area contributed by atoms with Crippen molar-refractivity contribution in [1.82, 2.24) is 4.98 Å². The molecule has 0 spiro atoms. The Labute approximate surface area is 93.0 Å². The molecule has 0 saturated carbocycles. The molecule has 2 rings (SSSR count). The maximum Gasteiger partial charge on any atom is 0.132 e. The maximum absolute atomic E-state index is 13.7. The van der Waals surface area contributed by atoms with Crippen LogP contribution in [-0.4, -0.2) is 4.98 Å². The molecular weight excluding hydrogens is 203 g/mol. The van der Waals surface area contributed by atoms with Gasteiger partial charge in [0.2, 0.25) is 0 Å². The first-order valence-electron chi connectivity index (χ1n) is 4.83. The molecular formula is C13H9FN2. The first-order chi connectivity index (χ1) is 7.72. The Balaban J connectivity index is 2.58. The van der Waals surface area contributed by atoms with Crippen molar-refractivity contribution in [3.63, 3.8) is 0 Å². The minimum Gasteiger partial charge on any atom is -0.264 e. The zero-order chi connectivity index (χ0) is 11.5. The van der Waals surface area contributed by atoms with Crippen LogP contribution in [0.15, 0.2) is 36.7 Å². The molecule has 0 aliphatic heterocycles. The third kappa shape index (κ3) is 1.78. The monoisotopic (exact) mass is 212 g/mol. The molecule has 0 radical (unpaired) electrons. The summed E-state index contributed by atoms with van der Waals surface area (Å²) in [7, 11) is 0. The van der Waals surface area contributed by atoms with Gasteiger partial charge in [-0.2, -0.15) is 5.26 Å². The van der Waals surface area contributed by atoms with Crippen molar-refractivity contribution in [2.24, 2.45) is 0 Å². The fourth-order valence-corrected chi connectivity index (χ4v) is 1.55. The third-order valence-corrected chi connectivity index (χ3v) is 2.43. The molecule has 2 nitrogen and oxygen atoms in total. The third-order valence-electron chi connectivity index (χ3n) is 2.43. The molecule has 0 atom stereocenters. The van der Waals surface area contributed by atoms with E-state index >= 15 is 0 Å². The van der Waals surface area contributed by atoms with Crippen molar-refractivity contribution in [3.8, 4) is 17.2 Å².